The van der Waals surface area contributed by atoms with Gasteiger partial charge in [0.25, 0.3) is 0 Å². The molecule has 0 radical (unpaired) electrons. The van der Waals surface area contributed by atoms with Gasteiger partial charge in [0, 0.05) is 11.6 Å². The zero-order valence-electron chi connectivity index (χ0n) is 15.0. The highest BCUT2D eigenvalue weighted by Gasteiger charge is 2.12. The molecule has 5 heteroatoms. The number of hydrogen-bond acceptors (Lipinski definition) is 2. The van der Waals surface area contributed by atoms with Gasteiger partial charge in [-0.1, -0.05) is 43.2 Å². The van der Waals surface area contributed by atoms with Gasteiger partial charge >= 0.3 is 0 Å². The van der Waals surface area contributed by atoms with Crippen LogP contribution in [0.4, 0.5) is 8.78 Å². The number of hydrogen-bond donors (Lipinski definition) is 0. The number of halogens is 2. The Morgan fingerprint density at radius 1 is 1.04 bits per heavy atom. The van der Waals surface area contributed by atoms with Crippen LogP contribution in [0.15, 0.2) is 48.5 Å². The molecule has 3 nitrogen and oxygen atoms in total. The van der Waals surface area contributed by atoms with Crippen molar-refractivity contribution < 1.29 is 13.5 Å². The lowest BCUT2D eigenvalue weighted by atomic mass is 10.1. The lowest BCUT2D eigenvalue weighted by Gasteiger charge is -2.10. The predicted molar refractivity (Wildman–Crippen MR) is 97.2 cm³/mol. The van der Waals surface area contributed by atoms with Crippen LogP contribution in [0, 0.1) is 18.6 Å². The number of benzene rings is 2. The van der Waals surface area contributed by atoms with E-state index in [0.717, 1.165) is 42.3 Å². The molecule has 0 N–H and O–H groups in total. The first-order chi connectivity index (χ1) is 12.5. The Balaban J connectivity index is 1.80. The molecule has 0 aliphatic carbocycles. The first kappa shape index (κ1) is 18.1. The minimum absolute atomic E-state index is 0.0469. The monoisotopic (exact) mass is 356 g/mol. The number of rotatable bonds is 7. The maximum absolute atomic E-state index is 13.8. The highest BCUT2D eigenvalue weighted by atomic mass is 19.1. The second kappa shape index (κ2) is 8.13. The highest BCUT2D eigenvalue weighted by molar-refractivity contribution is 5.24. The van der Waals surface area contributed by atoms with E-state index in [0.29, 0.717) is 12.4 Å². The molecule has 1 aromatic heterocycles. The van der Waals surface area contributed by atoms with Crippen molar-refractivity contribution >= 4 is 0 Å². The van der Waals surface area contributed by atoms with Gasteiger partial charge in [-0.15, -0.1) is 0 Å². The number of aromatic nitrogens is 2. The molecule has 1 heterocycles. The average molecular weight is 356 g/mol. The Bertz CT molecular complexity index is 872. The standard InChI is InChI=1S/C21H22F2N2O/c1-3-4-19-12-21(26-14-17-11-18(22)9-10-20(17)23)25(24-19)13-16-7-5-15(2)6-8-16/h5-12H,3-4,13-14H2,1-2H3. The average Bonchev–Trinajstić information content (AvgIpc) is 2.99. The number of ether oxygens (including phenoxy) is 1. The zero-order chi connectivity index (χ0) is 18.5. The van der Waals surface area contributed by atoms with Crippen LogP contribution in [0.3, 0.4) is 0 Å². The van der Waals surface area contributed by atoms with Crippen molar-refractivity contribution in [1.82, 2.24) is 9.78 Å². The van der Waals surface area contributed by atoms with Crippen LogP contribution in [0.5, 0.6) is 5.88 Å². The summed E-state index contributed by atoms with van der Waals surface area (Å²) in [4.78, 5) is 0. The second-order valence-corrected chi connectivity index (χ2v) is 6.39. The Hall–Kier alpha value is -2.69. The van der Waals surface area contributed by atoms with Gasteiger partial charge in [0.05, 0.1) is 12.2 Å². The smallest absolute Gasteiger partial charge is 0.212 e. The minimum Gasteiger partial charge on any atom is -0.473 e. The Kier molecular flexibility index (Phi) is 5.66. The third kappa shape index (κ3) is 4.48. The largest absolute Gasteiger partial charge is 0.473 e. The van der Waals surface area contributed by atoms with E-state index in [1.807, 2.05) is 25.1 Å². The van der Waals surface area contributed by atoms with Gasteiger partial charge in [0.1, 0.15) is 18.2 Å². The Morgan fingerprint density at radius 3 is 2.54 bits per heavy atom. The molecular weight excluding hydrogens is 334 g/mol. The molecule has 3 aromatic rings. The Morgan fingerprint density at radius 2 is 1.81 bits per heavy atom. The molecule has 0 aliphatic heterocycles. The van der Waals surface area contributed by atoms with E-state index in [9.17, 15) is 8.78 Å². The third-order valence-electron chi connectivity index (χ3n) is 4.14. The van der Waals surface area contributed by atoms with E-state index in [4.69, 9.17) is 4.74 Å². The van der Waals surface area contributed by atoms with Crippen molar-refractivity contribution in [1.29, 1.82) is 0 Å². The molecule has 0 saturated carbocycles. The molecule has 0 unspecified atom stereocenters. The van der Waals surface area contributed by atoms with Crippen molar-refractivity contribution in [3.63, 3.8) is 0 Å². The fourth-order valence-corrected chi connectivity index (χ4v) is 2.73. The van der Waals surface area contributed by atoms with Crippen molar-refractivity contribution in [2.45, 2.75) is 39.8 Å². The normalized spacial score (nSPS) is 10.9. The predicted octanol–water partition coefficient (Wildman–Crippen LogP) is 5.05. The summed E-state index contributed by atoms with van der Waals surface area (Å²) in [6, 6.07) is 13.4. The van der Waals surface area contributed by atoms with E-state index in [-0.39, 0.29) is 12.2 Å². The summed E-state index contributed by atoms with van der Waals surface area (Å²) < 4.78 is 34.7. The third-order valence-corrected chi connectivity index (χ3v) is 4.14. The molecule has 0 amide bonds. The van der Waals surface area contributed by atoms with Crippen LogP contribution in [0.1, 0.15) is 35.7 Å². The van der Waals surface area contributed by atoms with Gasteiger partial charge < -0.3 is 4.74 Å². The summed E-state index contributed by atoms with van der Waals surface area (Å²) in [5.74, 6) is -0.410. The van der Waals surface area contributed by atoms with Gasteiger partial charge in [0.15, 0.2) is 0 Å². The molecule has 0 atom stereocenters. The topological polar surface area (TPSA) is 27.1 Å². The summed E-state index contributed by atoms with van der Waals surface area (Å²) in [7, 11) is 0. The number of nitrogens with zero attached hydrogens (tertiary/aromatic N) is 2. The minimum atomic E-state index is -0.482. The molecule has 3 rings (SSSR count). The summed E-state index contributed by atoms with van der Waals surface area (Å²) in [6.45, 7) is 4.64. The summed E-state index contributed by atoms with van der Waals surface area (Å²) >= 11 is 0. The van der Waals surface area contributed by atoms with E-state index < -0.39 is 11.6 Å². The quantitative estimate of drug-likeness (QED) is 0.592. The van der Waals surface area contributed by atoms with Crippen LogP contribution in [0.2, 0.25) is 0 Å². The maximum Gasteiger partial charge on any atom is 0.212 e. The molecule has 0 spiro atoms. The second-order valence-electron chi connectivity index (χ2n) is 6.39. The fourth-order valence-electron chi connectivity index (χ4n) is 2.73. The SMILES string of the molecule is CCCc1cc(OCc2cc(F)ccc2F)n(Cc2ccc(C)cc2)n1. The van der Waals surface area contributed by atoms with Crippen LogP contribution >= 0.6 is 0 Å². The van der Waals surface area contributed by atoms with Crippen molar-refractivity contribution in [3.05, 3.63) is 82.5 Å². The van der Waals surface area contributed by atoms with Gasteiger partial charge in [-0.25, -0.2) is 13.5 Å². The molecule has 0 aliphatic rings. The fraction of sp³-hybridized carbons (Fsp3) is 0.286. The van der Waals surface area contributed by atoms with Crippen LogP contribution in [-0.2, 0) is 19.6 Å². The Labute approximate surface area is 152 Å². The molecule has 0 fully saturated rings. The van der Waals surface area contributed by atoms with Gasteiger partial charge in [-0.3, -0.25) is 0 Å². The number of aryl methyl sites for hydroxylation is 2. The van der Waals surface area contributed by atoms with E-state index >= 15 is 0 Å². The van der Waals surface area contributed by atoms with Crippen molar-refractivity contribution in [2.75, 3.05) is 0 Å². The first-order valence-electron chi connectivity index (χ1n) is 8.74. The lowest BCUT2D eigenvalue weighted by Crippen LogP contribution is -2.07. The molecule has 0 saturated heterocycles. The van der Waals surface area contributed by atoms with Crippen LogP contribution in [0.25, 0.3) is 0 Å². The van der Waals surface area contributed by atoms with Crippen molar-refractivity contribution in [3.8, 4) is 5.88 Å². The molecule has 2 aromatic carbocycles. The molecule has 26 heavy (non-hydrogen) atoms. The van der Waals surface area contributed by atoms with Crippen molar-refractivity contribution in [2.24, 2.45) is 0 Å². The first-order valence-corrected chi connectivity index (χ1v) is 8.74. The summed E-state index contributed by atoms with van der Waals surface area (Å²) in [5.41, 5.74) is 3.40. The van der Waals surface area contributed by atoms with Crippen LogP contribution in [-0.4, -0.2) is 9.78 Å². The summed E-state index contributed by atoms with van der Waals surface area (Å²) in [6.07, 6.45) is 1.81. The maximum atomic E-state index is 13.8. The molecule has 136 valence electrons. The van der Waals surface area contributed by atoms with E-state index in [2.05, 4.69) is 24.2 Å². The highest BCUT2D eigenvalue weighted by Crippen LogP contribution is 2.20. The van der Waals surface area contributed by atoms with Gasteiger partial charge in [0.2, 0.25) is 5.88 Å². The van der Waals surface area contributed by atoms with Crippen LogP contribution < -0.4 is 4.74 Å². The molecule has 0 bridgehead atoms. The van der Waals surface area contributed by atoms with Gasteiger partial charge in [-0.05, 0) is 37.1 Å². The van der Waals surface area contributed by atoms with E-state index in [1.165, 1.54) is 5.56 Å². The van der Waals surface area contributed by atoms with E-state index in [1.54, 1.807) is 4.68 Å². The summed E-state index contributed by atoms with van der Waals surface area (Å²) in [5, 5.41) is 4.59. The van der Waals surface area contributed by atoms with Gasteiger partial charge in [-0.2, -0.15) is 5.10 Å². The zero-order valence-corrected chi connectivity index (χ0v) is 15.0. The molecular formula is C21H22F2N2O. The lowest BCUT2D eigenvalue weighted by molar-refractivity contribution is 0.269.